The molecule has 7 nitrogen and oxygen atoms in total. The normalized spacial score (nSPS) is 28.8. The highest BCUT2D eigenvalue weighted by Gasteiger charge is 2.64. The highest BCUT2D eigenvalue weighted by molar-refractivity contribution is 5.92. The summed E-state index contributed by atoms with van der Waals surface area (Å²) in [4.78, 5) is 41.6. The van der Waals surface area contributed by atoms with E-state index in [-0.39, 0.29) is 25.5 Å². The van der Waals surface area contributed by atoms with Gasteiger partial charge in [-0.05, 0) is 37.5 Å². The first-order chi connectivity index (χ1) is 13.7. The van der Waals surface area contributed by atoms with Crippen LogP contribution in [0.4, 0.5) is 18.0 Å². The zero-order valence-electron chi connectivity index (χ0n) is 17.9. The average Bonchev–Trinajstić information content (AvgIpc) is 3.23. The van der Waals surface area contributed by atoms with Crippen LogP contribution in [-0.4, -0.2) is 80.6 Å². The predicted octanol–water partition coefficient (Wildman–Crippen LogP) is 3.09. The first-order valence-electron chi connectivity index (χ1n) is 10.4. The fraction of sp³-hybridized carbons (Fsp3) is 0.850. The molecule has 10 heteroatoms. The van der Waals surface area contributed by atoms with E-state index in [1.54, 1.807) is 11.8 Å². The molecule has 2 saturated heterocycles. The molecule has 0 aromatic rings. The van der Waals surface area contributed by atoms with Crippen molar-refractivity contribution >= 4 is 17.9 Å². The van der Waals surface area contributed by atoms with Crippen molar-refractivity contribution in [3.63, 3.8) is 0 Å². The number of carboxylic acid groups (broad SMARTS) is 1. The SMILES string of the molecule is CC[C@H]1CN(C(=O)C(F)(F)F)C2(CC2)CN1C(=O)[C@@]1(C(C)(C)C)CCCN1C(=O)O. The van der Waals surface area contributed by atoms with Gasteiger partial charge >= 0.3 is 18.2 Å². The molecule has 170 valence electrons. The van der Waals surface area contributed by atoms with Crippen LogP contribution in [0.15, 0.2) is 0 Å². The summed E-state index contributed by atoms with van der Waals surface area (Å²) < 4.78 is 39.5. The maximum absolute atomic E-state index is 13.9. The second-order valence-corrected chi connectivity index (χ2v) is 9.78. The summed E-state index contributed by atoms with van der Waals surface area (Å²) in [6.07, 6.45) is -4.04. The lowest BCUT2D eigenvalue weighted by molar-refractivity contribution is -0.194. The van der Waals surface area contributed by atoms with Gasteiger partial charge in [0.15, 0.2) is 0 Å². The summed E-state index contributed by atoms with van der Waals surface area (Å²) in [5.74, 6) is -2.21. The molecule has 3 amide bonds. The molecular weight excluding hydrogens is 403 g/mol. The largest absolute Gasteiger partial charge is 0.471 e. The van der Waals surface area contributed by atoms with Crippen LogP contribution in [0.2, 0.25) is 0 Å². The van der Waals surface area contributed by atoms with Crippen molar-refractivity contribution in [2.45, 2.75) is 83.1 Å². The molecule has 1 saturated carbocycles. The minimum atomic E-state index is -4.96. The van der Waals surface area contributed by atoms with Crippen LogP contribution in [-0.2, 0) is 9.59 Å². The van der Waals surface area contributed by atoms with Crippen molar-refractivity contribution in [3.05, 3.63) is 0 Å². The lowest BCUT2D eigenvalue weighted by Gasteiger charge is -2.53. The minimum Gasteiger partial charge on any atom is -0.465 e. The monoisotopic (exact) mass is 433 g/mol. The number of rotatable bonds is 2. The third-order valence-corrected chi connectivity index (χ3v) is 7.12. The van der Waals surface area contributed by atoms with Gasteiger partial charge in [-0.25, -0.2) is 4.79 Å². The van der Waals surface area contributed by atoms with Crippen LogP contribution in [0.25, 0.3) is 0 Å². The Bertz CT molecular complexity index is 745. The molecule has 1 spiro atoms. The molecule has 0 unspecified atom stereocenters. The van der Waals surface area contributed by atoms with Gasteiger partial charge in [-0.2, -0.15) is 13.2 Å². The highest BCUT2D eigenvalue weighted by Crippen LogP contribution is 2.50. The van der Waals surface area contributed by atoms with Crippen LogP contribution < -0.4 is 0 Å². The molecule has 3 aliphatic rings. The number of carbonyl (C=O) groups is 3. The second kappa shape index (κ2) is 7.02. The Labute approximate surface area is 174 Å². The summed E-state index contributed by atoms with van der Waals surface area (Å²) in [5, 5.41) is 9.78. The molecule has 2 heterocycles. The zero-order valence-corrected chi connectivity index (χ0v) is 17.9. The Morgan fingerprint density at radius 2 is 1.67 bits per heavy atom. The van der Waals surface area contributed by atoms with E-state index >= 15 is 0 Å². The molecular formula is C20H30F3N3O4. The van der Waals surface area contributed by atoms with Crippen molar-refractivity contribution in [1.29, 1.82) is 0 Å². The quantitative estimate of drug-likeness (QED) is 0.726. The van der Waals surface area contributed by atoms with Crippen LogP contribution in [0.1, 0.15) is 59.8 Å². The summed E-state index contributed by atoms with van der Waals surface area (Å²) >= 11 is 0. The summed E-state index contributed by atoms with van der Waals surface area (Å²) in [7, 11) is 0. The molecule has 0 aromatic heterocycles. The van der Waals surface area contributed by atoms with Crippen molar-refractivity contribution in [1.82, 2.24) is 14.7 Å². The van der Waals surface area contributed by atoms with Crippen LogP contribution >= 0.6 is 0 Å². The topological polar surface area (TPSA) is 81.2 Å². The molecule has 30 heavy (non-hydrogen) atoms. The van der Waals surface area contributed by atoms with Gasteiger partial charge in [0.2, 0.25) is 5.91 Å². The van der Waals surface area contributed by atoms with Crippen LogP contribution in [0.3, 0.4) is 0 Å². The number of likely N-dealkylation sites (tertiary alicyclic amines) is 1. The smallest absolute Gasteiger partial charge is 0.465 e. The fourth-order valence-electron chi connectivity index (χ4n) is 5.28. The molecule has 1 aliphatic carbocycles. The lowest BCUT2D eigenvalue weighted by Crippen LogP contribution is -2.71. The van der Waals surface area contributed by atoms with Gasteiger partial charge in [-0.3, -0.25) is 14.5 Å². The van der Waals surface area contributed by atoms with E-state index in [1.807, 2.05) is 20.8 Å². The Morgan fingerprint density at radius 3 is 2.10 bits per heavy atom. The number of amides is 3. The van der Waals surface area contributed by atoms with Crippen molar-refractivity contribution in [2.24, 2.45) is 5.41 Å². The first-order valence-corrected chi connectivity index (χ1v) is 10.4. The van der Waals surface area contributed by atoms with Gasteiger partial charge in [-0.1, -0.05) is 27.7 Å². The number of carbonyl (C=O) groups excluding carboxylic acids is 2. The highest BCUT2D eigenvalue weighted by atomic mass is 19.4. The van der Waals surface area contributed by atoms with Gasteiger partial charge in [0.25, 0.3) is 0 Å². The van der Waals surface area contributed by atoms with Gasteiger partial charge < -0.3 is 14.9 Å². The van der Waals surface area contributed by atoms with Crippen LogP contribution in [0, 0.1) is 5.41 Å². The van der Waals surface area contributed by atoms with E-state index in [4.69, 9.17) is 0 Å². The van der Waals surface area contributed by atoms with Gasteiger partial charge in [-0.15, -0.1) is 0 Å². The lowest BCUT2D eigenvalue weighted by atomic mass is 9.70. The van der Waals surface area contributed by atoms with Crippen molar-refractivity contribution in [2.75, 3.05) is 19.6 Å². The number of halogens is 3. The Morgan fingerprint density at radius 1 is 1.07 bits per heavy atom. The van der Waals surface area contributed by atoms with Gasteiger partial charge in [0.1, 0.15) is 5.54 Å². The predicted molar refractivity (Wildman–Crippen MR) is 102 cm³/mol. The van der Waals surface area contributed by atoms with Gasteiger partial charge in [0, 0.05) is 25.7 Å². The summed E-state index contributed by atoms with van der Waals surface area (Å²) in [6.45, 7) is 7.30. The number of hydrogen-bond acceptors (Lipinski definition) is 3. The number of nitrogens with zero attached hydrogens (tertiary/aromatic N) is 3. The van der Waals surface area contributed by atoms with Crippen molar-refractivity contribution < 1.29 is 32.7 Å². The molecule has 0 bridgehead atoms. The summed E-state index contributed by atoms with van der Waals surface area (Å²) in [6, 6.07) is -0.592. The van der Waals surface area contributed by atoms with E-state index in [1.165, 1.54) is 4.90 Å². The minimum absolute atomic E-state index is 0.0114. The molecule has 2 atom stereocenters. The van der Waals surface area contributed by atoms with Gasteiger partial charge in [0.05, 0.1) is 5.54 Å². The van der Waals surface area contributed by atoms with E-state index in [0.717, 1.165) is 4.90 Å². The second-order valence-electron chi connectivity index (χ2n) is 9.78. The standard InChI is InChI=1S/C20H30F3N3O4/c1-5-13-11-26(15(28)20(21,22)23)18(8-9-18)12-24(13)14(27)19(17(2,3)4)7-6-10-25(19)16(29)30/h13H,5-12H2,1-4H3,(H,29,30)/t13-,19+/m0/s1. The van der Waals surface area contributed by atoms with Crippen molar-refractivity contribution in [3.8, 4) is 0 Å². The molecule has 0 radical (unpaired) electrons. The van der Waals surface area contributed by atoms with E-state index in [0.29, 0.717) is 32.1 Å². The molecule has 3 fully saturated rings. The summed E-state index contributed by atoms with van der Waals surface area (Å²) in [5.41, 5.74) is -2.98. The third-order valence-electron chi connectivity index (χ3n) is 7.12. The maximum atomic E-state index is 13.9. The molecule has 0 aromatic carbocycles. The van der Waals surface area contributed by atoms with E-state index in [2.05, 4.69) is 0 Å². The third kappa shape index (κ3) is 3.32. The Balaban J connectivity index is 1.98. The molecule has 3 rings (SSSR count). The number of hydrogen-bond donors (Lipinski definition) is 1. The van der Waals surface area contributed by atoms with Crippen LogP contribution in [0.5, 0.6) is 0 Å². The first kappa shape index (κ1) is 22.7. The molecule has 1 N–H and O–H groups in total. The molecule has 2 aliphatic heterocycles. The number of alkyl halides is 3. The zero-order chi connectivity index (χ0) is 22.7. The average molecular weight is 433 g/mol. The Kier molecular flexibility index (Phi) is 5.31. The van der Waals surface area contributed by atoms with E-state index in [9.17, 15) is 32.7 Å². The maximum Gasteiger partial charge on any atom is 0.471 e. The number of piperazine rings is 1. The fourth-order valence-corrected chi connectivity index (χ4v) is 5.28. The van der Waals surface area contributed by atoms with E-state index < -0.39 is 40.7 Å². The Hall–Kier alpha value is -2.00.